The van der Waals surface area contributed by atoms with Crippen LogP contribution in [-0.4, -0.2) is 73.4 Å². The largest absolute Gasteiger partial charge is 0.390 e. The predicted octanol–water partition coefficient (Wildman–Crippen LogP) is 1.37. The fraction of sp³-hybridized carbons (Fsp3) is 0.478. The van der Waals surface area contributed by atoms with Gasteiger partial charge in [-0.3, -0.25) is 14.5 Å². The Hall–Kier alpha value is -2.39. The summed E-state index contributed by atoms with van der Waals surface area (Å²) in [4.78, 5) is 27.5. The van der Waals surface area contributed by atoms with Crippen molar-refractivity contribution < 1.29 is 19.4 Å². The number of ether oxygens (including phenoxy) is 1. The molecule has 3 atom stereocenters. The Kier molecular flexibility index (Phi) is 6.85. The van der Waals surface area contributed by atoms with Gasteiger partial charge in [0.25, 0.3) is 5.91 Å². The molecule has 1 saturated heterocycles. The standard InChI is InChI=1S/C23H29ClN4O4/c1-13-20(10-18-17-9-15(24)3-4-19(17)27-22(18)30)26-14(2)21(13)23(31)25-11-16(29)12-28-5-7-32-8-6-28/h3-4,9-10,14,16,21,26,29H,5-8,11-12H2,1-2H3,(H,25,31)(H,27,30)/b18-10-/t14?,16-,21?/m0/s1. The monoisotopic (exact) mass is 460 g/mol. The predicted molar refractivity (Wildman–Crippen MR) is 123 cm³/mol. The van der Waals surface area contributed by atoms with Crippen molar-refractivity contribution in [3.63, 3.8) is 0 Å². The molecular weight excluding hydrogens is 432 g/mol. The second kappa shape index (κ2) is 9.62. The number of allylic oxidation sites excluding steroid dienone is 1. The van der Waals surface area contributed by atoms with Crippen molar-refractivity contribution >= 4 is 34.7 Å². The fourth-order valence-electron chi connectivity index (χ4n) is 4.49. The SMILES string of the molecule is CC1=C(/C=C2\C(=O)Nc3ccc(Cl)cc32)NC(C)C1C(=O)NC[C@H](O)CN1CCOCC1. The van der Waals surface area contributed by atoms with Crippen LogP contribution in [0.5, 0.6) is 0 Å². The first kappa shape index (κ1) is 22.8. The van der Waals surface area contributed by atoms with Crippen LogP contribution >= 0.6 is 11.6 Å². The van der Waals surface area contributed by atoms with Gasteiger partial charge in [0.2, 0.25) is 5.91 Å². The highest BCUT2D eigenvalue weighted by Crippen LogP contribution is 2.36. The molecule has 0 radical (unpaired) electrons. The smallest absolute Gasteiger partial charge is 0.256 e. The molecule has 172 valence electrons. The minimum atomic E-state index is -0.643. The first-order valence-electron chi connectivity index (χ1n) is 10.9. The molecule has 4 N–H and O–H groups in total. The van der Waals surface area contributed by atoms with Crippen molar-refractivity contribution in [3.8, 4) is 0 Å². The molecule has 0 saturated carbocycles. The molecule has 0 aromatic heterocycles. The molecule has 1 aromatic rings. The third-order valence-electron chi connectivity index (χ3n) is 6.19. The summed E-state index contributed by atoms with van der Waals surface area (Å²) in [6, 6.07) is 5.13. The molecule has 3 aliphatic heterocycles. The topological polar surface area (TPSA) is 103 Å². The number of anilines is 1. The highest BCUT2D eigenvalue weighted by atomic mass is 35.5. The van der Waals surface area contributed by atoms with Gasteiger partial charge in [-0.25, -0.2) is 0 Å². The van der Waals surface area contributed by atoms with E-state index in [0.29, 0.717) is 30.4 Å². The van der Waals surface area contributed by atoms with Gasteiger partial charge in [0.15, 0.2) is 0 Å². The molecule has 1 fully saturated rings. The number of carbonyl (C=O) groups excluding carboxylic acids is 2. The number of morpholine rings is 1. The maximum atomic E-state index is 12.9. The van der Waals surface area contributed by atoms with Gasteiger partial charge in [-0.1, -0.05) is 11.6 Å². The summed E-state index contributed by atoms with van der Waals surface area (Å²) in [5, 5.41) is 19.9. The zero-order chi connectivity index (χ0) is 22.8. The van der Waals surface area contributed by atoms with Gasteiger partial charge in [0.05, 0.1) is 30.8 Å². The number of aliphatic hydroxyl groups is 1. The van der Waals surface area contributed by atoms with E-state index in [-0.39, 0.29) is 30.3 Å². The number of carbonyl (C=O) groups is 2. The van der Waals surface area contributed by atoms with E-state index < -0.39 is 6.10 Å². The van der Waals surface area contributed by atoms with Crippen LogP contribution in [0.4, 0.5) is 5.69 Å². The zero-order valence-corrected chi connectivity index (χ0v) is 19.0. The molecular formula is C23H29ClN4O4. The maximum Gasteiger partial charge on any atom is 0.256 e. The molecule has 32 heavy (non-hydrogen) atoms. The Balaban J connectivity index is 1.43. The number of rotatable bonds is 6. The summed E-state index contributed by atoms with van der Waals surface area (Å²) in [7, 11) is 0. The molecule has 9 heteroatoms. The number of benzene rings is 1. The molecule has 8 nitrogen and oxygen atoms in total. The van der Waals surface area contributed by atoms with E-state index >= 15 is 0 Å². The first-order valence-corrected chi connectivity index (χ1v) is 11.3. The lowest BCUT2D eigenvalue weighted by atomic mass is 9.95. The lowest BCUT2D eigenvalue weighted by Crippen LogP contribution is -2.46. The molecule has 2 unspecified atom stereocenters. The summed E-state index contributed by atoms with van der Waals surface area (Å²) >= 11 is 6.11. The Labute approximate surface area is 192 Å². The molecule has 0 aliphatic carbocycles. The molecule has 3 aliphatic rings. The molecule has 0 bridgehead atoms. The van der Waals surface area contributed by atoms with Gasteiger partial charge in [-0.2, -0.15) is 0 Å². The second-order valence-electron chi connectivity index (χ2n) is 8.52. The van der Waals surface area contributed by atoms with Crippen molar-refractivity contribution in [2.45, 2.75) is 26.0 Å². The van der Waals surface area contributed by atoms with Crippen LogP contribution in [0.1, 0.15) is 19.4 Å². The van der Waals surface area contributed by atoms with E-state index in [1.165, 1.54) is 0 Å². The first-order chi connectivity index (χ1) is 15.3. The zero-order valence-electron chi connectivity index (χ0n) is 18.3. The van der Waals surface area contributed by atoms with E-state index in [4.69, 9.17) is 16.3 Å². The number of amides is 2. The average molecular weight is 461 g/mol. The summed E-state index contributed by atoms with van der Waals surface area (Å²) < 4.78 is 5.32. The molecule has 2 amide bonds. The van der Waals surface area contributed by atoms with Crippen molar-refractivity contribution in [2.75, 3.05) is 44.7 Å². The number of β-amino-alcohol motifs (C(OH)–C–C–N with tert-alkyl or cyclic N) is 1. The summed E-state index contributed by atoms with van der Waals surface area (Å²) in [6.07, 6.45) is 1.14. The van der Waals surface area contributed by atoms with Crippen LogP contribution < -0.4 is 16.0 Å². The van der Waals surface area contributed by atoms with Gasteiger partial charge in [-0.15, -0.1) is 0 Å². The Morgan fingerprint density at radius 3 is 2.91 bits per heavy atom. The van der Waals surface area contributed by atoms with Crippen molar-refractivity contribution in [1.82, 2.24) is 15.5 Å². The summed E-state index contributed by atoms with van der Waals surface area (Å²) in [5.74, 6) is -0.729. The van der Waals surface area contributed by atoms with E-state index in [9.17, 15) is 14.7 Å². The number of aliphatic hydroxyl groups excluding tert-OH is 1. The van der Waals surface area contributed by atoms with Crippen molar-refractivity contribution in [1.29, 1.82) is 0 Å². The molecule has 0 spiro atoms. The van der Waals surface area contributed by atoms with Crippen LogP contribution in [0.2, 0.25) is 5.02 Å². The fourth-order valence-corrected chi connectivity index (χ4v) is 4.66. The summed E-state index contributed by atoms with van der Waals surface area (Å²) in [6.45, 7) is 7.43. The van der Waals surface area contributed by atoms with Crippen LogP contribution in [0.3, 0.4) is 0 Å². The Morgan fingerprint density at radius 1 is 1.41 bits per heavy atom. The molecule has 1 aromatic carbocycles. The van der Waals surface area contributed by atoms with Gasteiger partial charge >= 0.3 is 0 Å². The van der Waals surface area contributed by atoms with Crippen LogP contribution in [0, 0.1) is 5.92 Å². The van der Waals surface area contributed by atoms with Crippen LogP contribution in [0.25, 0.3) is 5.57 Å². The third kappa shape index (κ3) is 4.83. The van der Waals surface area contributed by atoms with Crippen LogP contribution in [0.15, 0.2) is 35.5 Å². The molecule has 4 rings (SSSR count). The Bertz CT molecular complexity index is 971. The van der Waals surface area contributed by atoms with E-state index in [1.54, 1.807) is 24.3 Å². The van der Waals surface area contributed by atoms with E-state index in [1.807, 2.05) is 13.8 Å². The van der Waals surface area contributed by atoms with Gasteiger partial charge < -0.3 is 25.8 Å². The van der Waals surface area contributed by atoms with Gasteiger partial charge in [-0.05, 0) is 43.7 Å². The van der Waals surface area contributed by atoms with E-state index in [2.05, 4.69) is 20.9 Å². The minimum absolute atomic E-state index is 0.137. The van der Waals surface area contributed by atoms with Gasteiger partial charge in [0.1, 0.15) is 0 Å². The highest BCUT2D eigenvalue weighted by Gasteiger charge is 2.35. The minimum Gasteiger partial charge on any atom is -0.390 e. The average Bonchev–Trinajstić information content (AvgIpc) is 3.22. The molecule has 3 heterocycles. The Morgan fingerprint density at radius 2 is 2.16 bits per heavy atom. The highest BCUT2D eigenvalue weighted by molar-refractivity contribution is 6.34. The second-order valence-corrected chi connectivity index (χ2v) is 8.96. The number of hydrogen-bond donors (Lipinski definition) is 4. The normalized spacial score (nSPS) is 25.5. The number of fused-ring (bicyclic) bond motifs is 1. The van der Waals surface area contributed by atoms with Crippen molar-refractivity contribution in [2.24, 2.45) is 5.92 Å². The maximum absolute atomic E-state index is 12.9. The number of hydrogen-bond acceptors (Lipinski definition) is 6. The quantitative estimate of drug-likeness (QED) is 0.478. The number of nitrogens with zero attached hydrogens (tertiary/aromatic N) is 1. The lowest BCUT2D eigenvalue weighted by Gasteiger charge is -2.28. The third-order valence-corrected chi connectivity index (χ3v) is 6.43. The van der Waals surface area contributed by atoms with Crippen molar-refractivity contribution in [3.05, 3.63) is 46.1 Å². The summed E-state index contributed by atoms with van der Waals surface area (Å²) in [5.41, 5.74) is 3.59. The lowest BCUT2D eigenvalue weighted by molar-refractivity contribution is -0.124. The number of nitrogens with one attached hydrogen (secondary N) is 3. The van der Waals surface area contributed by atoms with Crippen LogP contribution in [-0.2, 0) is 14.3 Å². The van der Waals surface area contributed by atoms with E-state index in [0.717, 1.165) is 35.6 Å². The number of halogens is 1. The van der Waals surface area contributed by atoms with Gasteiger partial charge in [0, 0.05) is 54.2 Å².